The highest BCUT2D eigenvalue weighted by Crippen LogP contribution is 2.31. The van der Waals surface area contributed by atoms with Crippen molar-refractivity contribution in [3.8, 4) is 0 Å². The summed E-state index contributed by atoms with van der Waals surface area (Å²) in [6.45, 7) is 3.97. The molecule has 1 aliphatic rings. The largest absolute Gasteiger partial charge is 0.477 e. The van der Waals surface area contributed by atoms with Crippen molar-refractivity contribution < 1.29 is 14.7 Å². The van der Waals surface area contributed by atoms with Crippen molar-refractivity contribution in [1.82, 2.24) is 0 Å². The fourth-order valence-corrected chi connectivity index (χ4v) is 3.42. The summed E-state index contributed by atoms with van der Waals surface area (Å²) in [5, 5.41) is 12.5. The van der Waals surface area contributed by atoms with Gasteiger partial charge < -0.3 is 10.4 Å². The topological polar surface area (TPSA) is 66.4 Å². The number of carboxylic acids is 1. The molecule has 1 aromatic rings. The van der Waals surface area contributed by atoms with E-state index in [1.807, 2.05) is 0 Å². The zero-order chi connectivity index (χ0) is 14.0. The van der Waals surface area contributed by atoms with Crippen LogP contribution in [0.25, 0.3) is 0 Å². The second-order valence-electron chi connectivity index (χ2n) is 5.37. The van der Waals surface area contributed by atoms with Gasteiger partial charge in [-0.2, -0.15) is 0 Å². The number of thiophene rings is 1. The Balaban J connectivity index is 1.99. The summed E-state index contributed by atoms with van der Waals surface area (Å²) in [7, 11) is 0. The first-order valence-corrected chi connectivity index (χ1v) is 7.43. The minimum Gasteiger partial charge on any atom is -0.477 e. The van der Waals surface area contributed by atoms with Crippen molar-refractivity contribution in [1.29, 1.82) is 0 Å². The molecule has 4 nitrogen and oxygen atoms in total. The van der Waals surface area contributed by atoms with Gasteiger partial charge in [0.15, 0.2) is 0 Å². The van der Waals surface area contributed by atoms with E-state index < -0.39 is 5.97 Å². The van der Waals surface area contributed by atoms with Crippen LogP contribution in [0.5, 0.6) is 0 Å². The molecule has 0 atom stereocenters. The third-order valence-electron chi connectivity index (χ3n) is 3.75. The summed E-state index contributed by atoms with van der Waals surface area (Å²) in [6, 6.07) is 1.73. The van der Waals surface area contributed by atoms with E-state index >= 15 is 0 Å². The van der Waals surface area contributed by atoms with Gasteiger partial charge >= 0.3 is 5.97 Å². The number of carboxylic acid groups (broad SMARTS) is 1. The van der Waals surface area contributed by atoms with Gasteiger partial charge in [0.05, 0.1) is 5.00 Å². The van der Waals surface area contributed by atoms with Crippen molar-refractivity contribution in [2.24, 2.45) is 11.8 Å². The number of hydrogen-bond donors (Lipinski definition) is 2. The Bertz CT molecular complexity index is 487. The summed E-state index contributed by atoms with van der Waals surface area (Å²) in [5.41, 5.74) is 0.699. The van der Waals surface area contributed by atoms with E-state index in [-0.39, 0.29) is 11.8 Å². The van der Waals surface area contributed by atoms with Gasteiger partial charge in [-0.3, -0.25) is 4.79 Å². The first-order chi connectivity index (χ1) is 8.97. The fraction of sp³-hybridized carbons (Fsp3) is 0.571. The maximum absolute atomic E-state index is 12.1. The van der Waals surface area contributed by atoms with Gasteiger partial charge in [-0.25, -0.2) is 4.79 Å². The maximum Gasteiger partial charge on any atom is 0.346 e. The Morgan fingerprint density at radius 3 is 2.47 bits per heavy atom. The molecule has 0 aliphatic heterocycles. The van der Waals surface area contributed by atoms with E-state index in [0.29, 0.717) is 21.4 Å². The number of carbonyl (C=O) groups is 2. The zero-order valence-corrected chi connectivity index (χ0v) is 12.0. The normalized spacial score (nSPS) is 23.1. The molecule has 0 saturated heterocycles. The highest BCUT2D eigenvalue weighted by atomic mass is 32.1. The van der Waals surface area contributed by atoms with Gasteiger partial charge in [-0.1, -0.05) is 6.92 Å². The monoisotopic (exact) mass is 281 g/mol. The highest BCUT2D eigenvalue weighted by molar-refractivity contribution is 7.18. The van der Waals surface area contributed by atoms with Crippen LogP contribution in [0.3, 0.4) is 0 Å². The molecule has 19 heavy (non-hydrogen) atoms. The van der Waals surface area contributed by atoms with Crippen molar-refractivity contribution in [3.63, 3.8) is 0 Å². The Hall–Kier alpha value is -1.36. The number of amides is 1. The van der Waals surface area contributed by atoms with E-state index in [0.717, 1.165) is 37.0 Å². The van der Waals surface area contributed by atoms with Crippen LogP contribution in [-0.4, -0.2) is 17.0 Å². The molecular formula is C14H19NO3S. The fourth-order valence-electron chi connectivity index (χ4n) is 2.50. The number of carbonyl (C=O) groups excluding carboxylic acids is 1. The molecule has 1 saturated carbocycles. The van der Waals surface area contributed by atoms with Crippen molar-refractivity contribution >= 4 is 28.2 Å². The van der Waals surface area contributed by atoms with Crippen LogP contribution in [-0.2, 0) is 4.79 Å². The van der Waals surface area contributed by atoms with Crippen LogP contribution in [0.1, 0.15) is 47.8 Å². The predicted octanol–water partition coefficient (Wildman–Crippen LogP) is 3.52. The van der Waals surface area contributed by atoms with Crippen LogP contribution < -0.4 is 5.32 Å². The molecule has 0 unspecified atom stereocenters. The highest BCUT2D eigenvalue weighted by Gasteiger charge is 2.25. The van der Waals surface area contributed by atoms with Crippen LogP contribution in [0.15, 0.2) is 6.07 Å². The molecule has 2 rings (SSSR count). The summed E-state index contributed by atoms with van der Waals surface area (Å²) in [4.78, 5) is 23.4. The summed E-state index contributed by atoms with van der Waals surface area (Å²) >= 11 is 1.13. The van der Waals surface area contributed by atoms with Gasteiger partial charge in [0.1, 0.15) is 4.88 Å². The molecule has 0 radical (unpaired) electrons. The van der Waals surface area contributed by atoms with Crippen molar-refractivity contribution in [2.75, 3.05) is 5.32 Å². The number of hydrogen-bond acceptors (Lipinski definition) is 3. The second kappa shape index (κ2) is 5.74. The maximum atomic E-state index is 12.1. The number of aromatic carboxylic acids is 1. The van der Waals surface area contributed by atoms with Crippen LogP contribution >= 0.6 is 11.3 Å². The van der Waals surface area contributed by atoms with Gasteiger partial charge in [-0.15, -0.1) is 11.3 Å². The quantitative estimate of drug-likeness (QED) is 0.890. The molecule has 0 spiro atoms. The molecule has 2 N–H and O–H groups in total. The van der Waals surface area contributed by atoms with Crippen LogP contribution in [0, 0.1) is 18.8 Å². The van der Waals surface area contributed by atoms with E-state index in [1.165, 1.54) is 0 Å². The zero-order valence-electron chi connectivity index (χ0n) is 11.2. The summed E-state index contributed by atoms with van der Waals surface area (Å²) < 4.78 is 0. The minimum atomic E-state index is -0.936. The first kappa shape index (κ1) is 14.1. The lowest BCUT2D eigenvalue weighted by Crippen LogP contribution is -2.26. The number of nitrogens with one attached hydrogen (secondary N) is 1. The van der Waals surface area contributed by atoms with E-state index in [4.69, 9.17) is 5.11 Å². The lowest BCUT2D eigenvalue weighted by atomic mass is 9.82. The Morgan fingerprint density at radius 1 is 1.32 bits per heavy atom. The Kier molecular flexibility index (Phi) is 4.24. The molecule has 1 aliphatic carbocycles. The Morgan fingerprint density at radius 2 is 1.95 bits per heavy atom. The first-order valence-electron chi connectivity index (χ1n) is 6.62. The van der Waals surface area contributed by atoms with E-state index in [2.05, 4.69) is 12.2 Å². The lowest BCUT2D eigenvalue weighted by molar-refractivity contribution is -0.120. The molecule has 0 aromatic carbocycles. The molecule has 0 bridgehead atoms. The average Bonchev–Trinajstić information content (AvgIpc) is 2.71. The number of anilines is 1. The number of aryl methyl sites for hydroxylation is 1. The van der Waals surface area contributed by atoms with Gasteiger partial charge in [0.2, 0.25) is 5.91 Å². The predicted molar refractivity (Wildman–Crippen MR) is 75.8 cm³/mol. The van der Waals surface area contributed by atoms with Crippen molar-refractivity contribution in [2.45, 2.75) is 39.5 Å². The van der Waals surface area contributed by atoms with Crippen molar-refractivity contribution in [3.05, 3.63) is 16.5 Å². The standard InChI is InChI=1S/C14H19NO3S/c1-8-3-5-10(6-4-8)13(16)15-11-7-9(2)12(19-11)14(17)18/h7-8,10H,3-6H2,1-2H3,(H,15,16)(H,17,18). The van der Waals surface area contributed by atoms with E-state index in [1.54, 1.807) is 13.0 Å². The van der Waals surface area contributed by atoms with E-state index in [9.17, 15) is 9.59 Å². The average molecular weight is 281 g/mol. The molecule has 1 heterocycles. The summed E-state index contributed by atoms with van der Waals surface area (Å²) in [5.74, 6) is -0.113. The second-order valence-corrected chi connectivity index (χ2v) is 6.43. The molecule has 1 fully saturated rings. The minimum absolute atomic E-state index is 0.0325. The molecule has 1 amide bonds. The molecule has 104 valence electrons. The van der Waals surface area contributed by atoms with Gasteiger partial charge in [0, 0.05) is 5.92 Å². The third-order valence-corrected chi connectivity index (χ3v) is 4.89. The number of rotatable bonds is 3. The lowest BCUT2D eigenvalue weighted by Gasteiger charge is -2.24. The van der Waals surface area contributed by atoms with Crippen LogP contribution in [0.4, 0.5) is 5.00 Å². The smallest absolute Gasteiger partial charge is 0.346 e. The van der Waals surface area contributed by atoms with Gasteiger partial charge in [-0.05, 0) is 50.2 Å². The molecular weight excluding hydrogens is 262 g/mol. The van der Waals surface area contributed by atoms with Gasteiger partial charge in [0.25, 0.3) is 0 Å². The third kappa shape index (κ3) is 3.35. The van der Waals surface area contributed by atoms with Crippen LogP contribution in [0.2, 0.25) is 0 Å². The Labute approximate surface area is 116 Å². The molecule has 1 aromatic heterocycles. The SMILES string of the molecule is Cc1cc(NC(=O)C2CCC(C)CC2)sc1C(=O)O. The molecule has 5 heteroatoms. The summed E-state index contributed by atoms with van der Waals surface area (Å²) in [6.07, 6.45) is 4.07.